The fourth-order valence-corrected chi connectivity index (χ4v) is 1.61. The van der Waals surface area contributed by atoms with Crippen LogP contribution in [-0.2, 0) is 0 Å². The third-order valence-corrected chi connectivity index (χ3v) is 2.44. The fourth-order valence-electron chi connectivity index (χ4n) is 1.61. The molecule has 0 heterocycles. The zero-order chi connectivity index (χ0) is 12.3. The summed E-state index contributed by atoms with van der Waals surface area (Å²) in [6.45, 7) is 0. The summed E-state index contributed by atoms with van der Waals surface area (Å²) in [4.78, 5) is 0. The van der Waals surface area contributed by atoms with Crippen LogP contribution in [0.15, 0.2) is 42.0 Å². The second kappa shape index (κ2) is 4.38. The molecule has 3 nitrogen and oxygen atoms in total. The number of allylic oxidation sites excluding steroid dienone is 1. The van der Waals surface area contributed by atoms with Crippen LogP contribution in [0.3, 0.4) is 0 Å². The number of benzene rings is 2. The van der Waals surface area contributed by atoms with Crippen molar-refractivity contribution in [3.05, 3.63) is 47.5 Å². The summed E-state index contributed by atoms with van der Waals surface area (Å²) in [5.74, 6) is 0.0618. The van der Waals surface area contributed by atoms with Gasteiger partial charge in [0.2, 0.25) is 0 Å². The second-order valence-electron chi connectivity index (χ2n) is 3.54. The third kappa shape index (κ3) is 2.09. The molecule has 0 saturated heterocycles. The van der Waals surface area contributed by atoms with Crippen molar-refractivity contribution in [3.63, 3.8) is 0 Å². The van der Waals surface area contributed by atoms with Crippen LogP contribution in [0.2, 0.25) is 0 Å². The Kier molecular flexibility index (Phi) is 2.77. The molecule has 0 spiro atoms. The zero-order valence-electron chi connectivity index (χ0n) is 8.88. The number of hydrogen-bond donors (Lipinski definition) is 1. The van der Waals surface area contributed by atoms with Crippen molar-refractivity contribution in [1.29, 1.82) is 10.5 Å². The van der Waals surface area contributed by atoms with Crippen LogP contribution < -0.4 is 0 Å². The molecular weight excluding hydrogens is 212 g/mol. The number of phenols is 1. The summed E-state index contributed by atoms with van der Waals surface area (Å²) < 4.78 is 0. The van der Waals surface area contributed by atoms with Crippen molar-refractivity contribution in [2.45, 2.75) is 0 Å². The number of phenolic OH excluding ortho intramolecular Hbond substituents is 1. The molecule has 0 unspecified atom stereocenters. The van der Waals surface area contributed by atoms with Gasteiger partial charge in [0.15, 0.2) is 0 Å². The molecule has 0 saturated carbocycles. The van der Waals surface area contributed by atoms with Crippen LogP contribution in [0, 0.1) is 22.7 Å². The maximum atomic E-state index is 9.79. The van der Waals surface area contributed by atoms with Crippen LogP contribution in [0.1, 0.15) is 5.56 Å². The topological polar surface area (TPSA) is 67.8 Å². The highest BCUT2D eigenvalue weighted by molar-refractivity contribution is 5.87. The summed E-state index contributed by atoms with van der Waals surface area (Å²) in [6, 6.07) is 14.5. The van der Waals surface area contributed by atoms with Crippen LogP contribution in [0.25, 0.3) is 16.8 Å². The Bertz CT molecular complexity index is 671. The van der Waals surface area contributed by atoms with Gasteiger partial charge in [0.1, 0.15) is 23.5 Å². The lowest BCUT2D eigenvalue weighted by molar-refractivity contribution is 0.475. The van der Waals surface area contributed by atoms with Gasteiger partial charge >= 0.3 is 0 Å². The average molecular weight is 220 g/mol. The summed E-state index contributed by atoms with van der Waals surface area (Å²) in [7, 11) is 0. The predicted octanol–water partition coefficient (Wildman–Crippen LogP) is 2.98. The minimum Gasteiger partial charge on any atom is -0.507 e. The zero-order valence-corrected chi connectivity index (χ0v) is 8.88. The number of nitrogens with zero attached hydrogens (tertiary/aromatic N) is 2. The van der Waals surface area contributed by atoms with Gasteiger partial charge in [0.05, 0.1) is 0 Å². The molecule has 0 aliphatic heterocycles. The van der Waals surface area contributed by atoms with Gasteiger partial charge in [-0.3, -0.25) is 0 Å². The van der Waals surface area contributed by atoms with Crippen LogP contribution in [0.5, 0.6) is 5.75 Å². The van der Waals surface area contributed by atoms with E-state index in [9.17, 15) is 5.11 Å². The smallest absolute Gasteiger partial charge is 0.130 e. The van der Waals surface area contributed by atoms with E-state index in [0.717, 1.165) is 10.8 Å². The number of nitriles is 2. The monoisotopic (exact) mass is 220 g/mol. The van der Waals surface area contributed by atoms with Gasteiger partial charge in [0, 0.05) is 5.56 Å². The molecule has 0 aromatic heterocycles. The first kappa shape index (κ1) is 10.7. The van der Waals surface area contributed by atoms with Crippen LogP contribution in [-0.4, -0.2) is 5.11 Å². The Morgan fingerprint density at radius 3 is 2.24 bits per heavy atom. The van der Waals surface area contributed by atoms with E-state index in [1.165, 1.54) is 6.08 Å². The standard InChI is InChI=1S/C14H8N2O/c15-8-10(9-16)5-13-6-11-3-1-2-4-12(11)7-14(13)17/h1-7,17H. The Morgan fingerprint density at radius 1 is 1.06 bits per heavy atom. The molecule has 1 N–H and O–H groups in total. The van der Waals surface area contributed by atoms with E-state index in [-0.39, 0.29) is 11.3 Å². The van der Waals surface area contributed by atoms with E-state index >= 15 is 0 Å². The predicted molar refractivity (Wildman–Crippen MR) is 64.8 cm³/mol. The summed E-state index contributed by atoms with van der Waals surface area (Å²) in [5, 5.41) is 29.0. The molecule has 0 radical (unpaired) electrons. The Labute approximate surface area is 98.5 Å². The van der Waals surface area contributed by atoms with E-state index < -0.39 is 0 Å². The van der Waals surface area contributed by atoms with Gasteiger partial charge in [0.25, 0.3) is 0 Å². The number of aromatic hydroxyl groups is 1. The van der Waals surface area contributed by atoms with Gasteiger partial charge < -0.3 is 5.11 Å². The quantitative estimate of drug-likeness (QED) is 0.751. The summed E-state index contributed by atoms with van der Waals surface area (Å²) >= 11 is 0. The Morgan fingerprint density at radius 2 is 1.65 bits per heavy atom. The number of rotatable bonds is 1. The highest BCUT2D eigenvalue weighted by Crippen LogP contribution is 2.26. The second-order valence-corrected chi connectivity index (χ2v) is 3.54. The first-order valence-electron chi connectivity index (χ1n) is 4.98. The van der Waals surface area contributed by atoms with Gasteiger partial charge in [-0.05, 0) is 29.0 Å². The van der Waals surface area contributed by atoms with E-state index in [0.29, 0.717) is 5.56 Å². The normalized spacial score (nSPS) is 9.29. The van der Waals surface area contributed by atoms with E-state index in [2.05, 4.69) is 0 Å². The molecule has 0 bridgehead atoms. The largest absolute Gasteiger partial charge is 0.507 e. The van der Waals surface area contributed by atoms with Gasteiger partial charge in [-0.1, -0.05) is 24.3 Å². The lowest BCUT2D eigenvalue weighted by atomic mass is 10.0. The van der Waals surface area contributed by atoms with Crippen LogP contribution >= 0.6 is 0 Å². The number of fused-ring (bicyclic) bond motifs is 1. The summed E-state index contributed by atoms with van der Waals surface area (Å²) in [5.41, 5.74) is 0.442. The lowest BCUT2D eigenvalue weighted by Crippen LogP contribution is -1.80. The van der Waals surface area contributed by atoms with Crippen LogP contribution in [0.4, 0.5) is 0 Å². The van der Waals surface area contributed by atoms with Crippen molar-refractivity contribution in [2.24, 2.45) is 0 Å². The van der Waals surface area contributed by atoms with Crippen molar-refractivity contribution in [2.75, 3.05) is 0 Å². The molecule has 0 atom stereocenters. The van der Waals surface area contributed by atoms with Gasteiger partial charge in [-0.25, -0.2) is 0 Å². The van der Waals surface area contributed by atoms with Crippen molar-refractivity contribution in [1.82, 2.24) is 0 Å². The van der Waals surface area contributed by atoms with E-state index in [4.69, 9.17) is 10.5 Å². The maximum Gasteiger partial charge on any atom is 0.130 e. The Balaban J connectivity index is 2.64. The fraction of sp³-hybridized carbons (Fsp3) is 0. The molecule has 80 valence electrons. The van der Waals surface area contributed by atoms with Crippen molar-refractivity contribution < 1.29 is 5.11 Å². The van der Waals surface area contributed by atoms with E-state index in [1.54, 1.807) is 24.3 Å². The molecule has 2 aromatic rings. The third-order valence-electron chi connectivity index (χ3n) is 2.44. The first-order valence-corrected chi connectivity index (χ1v) is 4.98. The Hall–Kier alpha value is -2.78. The molecule has 0 aliphatic carbocycles. The van der Waals surface area contributed by atoms with Crippen molar-refractivity contribution in [3.8, 4) is 17.9 Å². The molecule has 17 heavy (non-hydrogen) atoms. The molecule has 2 rings (SSSR count). The lowest BCUT2D eigenvalue weighted by Gasteiger charge is -2.02. The summed E-state index contributed by atoms with van der Waals surface area (Å²) in [6.07, 6.45) is 1.38. The SMILES string of the molecule is N#CC(C#N)=Cc1cc2ccccc2cc1O. The van der Waals surface area contributed by atoms with Crippen molar-refractivity contribution >= 4 is 16.8 Å². The molecule has 0 fully saturated rings. The van der Waals surface area contributed by atoms with Gasteiger partial charge in [-0.15, -0.1) is 0 Å². The highest BCUT2D eigenvalue weighted by Gasteiger charge is 2.03. The molecule has 3 heteroatoms. The average Bonchev–Trinajstić information content (AvgIpc) is 2.36. The highest BCUT2D eigenvalue weighted by atomic mass is 16.3. The molecular formula is C14H8N2O. The maximum absolute atomic E-state index is 9.79. The minimum absolute atomic E-state index is 0.0319. The van der Waals surface area contributed by atoms with E-state index in [1.807, 2.05) is 24.3 Å². The minimum atomic E-state index is -0.0319. The number of hydrogen-bond acceptors (Lipinski definition) is 3. The molecule has 0 aliphatic rings. The molecule has 2 aromatic carbocycles. The molecule has 0 amide bonds. The van der Waals surface area contributed by atoms with Gasteiger partial charge in [-0.2, -0.15) is 10.5 Å². The first-order chi connectivity index (χ1) is 8.24.